The van der Waals surface area contributed by atoms with Gasteiger partial charge in [0.1, 0.15) is 5.75 Å². The fourth-order valence-electron chi connectivity index (χ4n) is 1.44. The Kier molecular flexibility index (Phi) is 3.29. The molecule has 4 heteroatoms. The predicted octanol–water partition coefficient (Wildman–Crippen LogP) is 1.50. The van der Waals surface area contributed by atoms with E-state index in [-0.39, 0.29) is 6.42 Å². The highest BCUT2D eigenvalue weighted by Gasteiger charge is 2.12. The Bertz CT molecular complexity index is 432. The molecule has 15 heavy (non-hydrogen) atoms. The molecule has 0 unspecified atom stereocenters. The van der Waals surface area contributed by atoms with Crippen molar-refractivity contribution in [3.63, 3.8) is 0 Å². The van der Waals surface area contributed by atoms with E-state index < -0.39 is 5.97 Å². The van der Waals surface area contributed by atoms with Gasteiger partial charge in [-0.3, -0.25) is 4.79 Å². The van der Waals surface area contributed by atoms with Crippen molar-refractivity contribution in [3.05, 3.63) is 28.8 Å². The van der Waals surface area contributed by atoms with Crippen LogP contribution in [0, 0.1) is 18.3 Å². The van der Waals surface area contributed by atoms with E-state index in [2.05, 4.69) is 0 Å². The van der Waals surface area contributed by atoms with E-state index in [0.717, 1.165) is 0 Å². The molecule has 0 saturated carbocycles. The third kappa shape index (κ3) is 2.26. The summed E-state index contributed by atoms with van der Waals surface area (Å²) in [6.07, 6.45) is -0.145. The second kappa shape index (κ2) is 4.47. The van der Waals surface area contributed by atoms with Crippen molar-refractivity contribution < 1.29 is 14.6 Å². The van der Waals surface area contributed by atoms with E-state index in [4.69, 9.17) is 15.1 Å². The molecule has 0 aliphatic carbocycles. The Hall–Kier alpha value is -2.02. The zero-order chi connectivity index (χ0) is 11.4. The third-order valence-corrected chi connectivity index (χ3v) is 2.17. The van der Waals surface area contributed by atoms with E-state index in [1.165, 1.54) is 7.11 Å². The fourth-order valence-corrected chi connectivity index (χ4v) is 1.44. The van der Waals surface area contributed by atoms with Gasteiger partial charge in [0.25, 0.3) is 0 Å². The average Bonchev–Trinajstić information content (AvgIpc) is 2.18. The van der Waals surface area contributed by atoms with Crippen LogP contribution in [0.3, 0.4) is 0 Å². The molecule has 0 aromatic heterocycles. The molecule has 4 nitrogen and oxygen atoms in total. The molecule has 78 valence electrons. The van der Waals surface area contributed by atoms with E-state index in [9.17, 15) is 4.79 Å². The van der Waals surface area contributed by atoms with E-state index in [0.29, 0.717) is 22.4 Å². The van der Waals surface area contributed by atoms with Gasteiger partial charge in [-0.2, -0.15) is 5.26 Å². The minimum Gasteiger partial charge on any atom is -0.496 e. The van der Waals surface area contributed by atoms with Gasteiger partial charge in [0.05, 0.1) is 25.2 Å². The first-order chi connectivity index (χ1) is 7.10. The molecule has 0 fully saturated rings. The molecule has 1 aromatic carbocycles. The summed E-state index contributed by atoms with van der Waals surface area (Å²) in [6.45, 7) is 1.74. The first-order valence-electron chi connectivity index (χ1n) is 4.38. The molecular formula is C11H11NO3. The van der Waals surface area contributed by atoms with Gasteiger partial charge in [0.2, 0.25) is 0 Å². The zero-order valence-corrected chi connectivity index (χ0v) is 8.57. The Morgan fingerprint density at radius 2 is 2.27 bits per heavy atom. The number of hydrogen-bond donors (Lipinski definition) is 1. The van der Waals surface area contributed by atoms with Crippen LogP contribution in [0.4, 0.5) is 0 Å². The van der Waals surface area contributed by atoms with Crippen LogP contribution in [-0.4, -0.2) is 18.2 Å². The molecule has 0 amide bonds. The average molecular weight is 205 g/mol. The maximum Gasteiger partial charge on any atom is 0.307 e. The number of carboxylic acid groups (broad SMARTS) is 1. The van der Waals surface area contributed by atoms with Gasteiger partial charge in [-0.1, -0.05) is 6.07 Å². The number of nitriles is 1. The van der Waals surface area contributed by atoms with Crippen LogP contribution in [0.25, 0.3) is 0 Å². The van der Waals surface area contributed by atoms with Crippen molar-refractivity contribution >= 4 is 5.97 Å². The first kappa shape index (κ1) is 11.1. The predicted molar refractivity (Wildman–Crippen MR) is 53.8 cm³/mol. The number of hydrogen-bond acceptors (Lipinski definition) is 3. The molecule has 1 aromatic rings. The topological polar surface area (TPSA) is 70.3 Å². The molecule has 0 spiro atoms. The second-order valence-electron chi connectivity index (χ2n) is 3.11. The highest BCUT2D eigenvalue weighted by atomic mass is 16.5. The van der Waals surface area contributed by atoms with Crippen LogP contribution in [-0.2, 0) is 11.2 Å². The van der Waals surface area contributed by atoms with Gasteiger partial charge in [-0.05, 0) is 18.6 Å². The quantitative estimate of drug-likeness (QED) is 0.811. The van der Waals surface area contributed by atoms with Crippen molar-refractivity contribution in [3.8, 4) is 11.8 Å². The number of methoxy groups -OCH3 is 1. The van der Waals surface area contributed by atoms with Crippen LogP contribution >= 0.6 is 0 Å². The number of ether oxygens (including phenoxy) is 1. The van der Waals surface area contributed by atoms with Crippen molar-refractivity contribution in [2.75, 3.05) is 7.11 Å². The monoisotopic (exact) mass is 205 g/mol. The summed E-state index contributed by atoms with van der Waals surface area (Å²) in [5.41, 5.74) is 1.58. The summed E-state index contributed by atoms with van der Waals surface area (Å²) in [4.78, 5) is 10.6. The van der Waals surface area contributed by atoms with Crippen LogP contribution in [0.15, 0.2) is 12.1 Å². The minimum atomic E-state index is -0.948. The van der Waals surface area contributed by atoms with E-state index in [1.54, 1.807) is 19.1 Å². The number of carboxylic acids is 1. The van der Waals surface area contributed by atoms with Crippen LogP contribution in [0.5, 0.6) is 5.75 Å². The Morgan fingerprint density at radius 1 is 1.60 bits per heavy atom. The summed E-state index contributed by atoms with van der Waals surface area (Å²) in [6, 6.07) is 5.29. The van der Waals surface area contributed by atoms with Crippen molar-refractivity contribution in [2.24, 2.45) is 0 Å². The van der Waals surface area contributed by atoms with Gasteiger partial charge in [-0.25, -0.2) is 0 Å². The van der Waals surface area contributed by atoms with Gasteiger partial charge < -0.3 is 9.84 Å². The largest absolute Gasteiger partial charge is 0.496 e. The summed E-state index contributed by atoms with van der Waals surface area (Å²) >= 11 is 0. The second-order valence-corrected chi connectivity index (χ2v) is 3.11. The lowest BCUT2D eigenvalue weighted by Gasteiger charge is -2.09. The van der Waals surface area contributed by atoms with Gasteiger partial charge in [0, 0.05) is 5.56 Å². The molecule has 1 N–H and O–H groups in total. The number of benzene rings is 1. The maximum absolute atomic E-state index is 10.6. The maximum atomic E-state index is 10.6. The summed E-state index contributed by atoms with van der Waals surface area (Å²) in [5, 5.41) is 17.6. The van der Waals surface area contributed by atoms with Crippen LogP contribution < -0.4 is 4.74 Å². The molecule has 0 aliphatic heterocycles. The normalized spacial score (nSPS) is 9.40. The highest BCUT2D eigenvalue weighted by Crippen LogP contribution is 2.24. The number of rotatable bonds is 3. The van der Waals surface area contributed by atoms with Crippen molar-refractivity contribution in [2.45, 2.75) is 13.3 Å². The highest BCUT2D eigenvalue weighted by molar-refractivity contribution is 5.72. The van der Waals surface area contributed by atoms with E-state index >= 15 is 0 Å². The standard InChI is InChI=1S/C11H11NO3/c1-7-9(6-12)8(5-11(13)14)3-4-10(7)15-2/h3-4H,5H2,1-2H3,(H,13,14). The number of carbonyl (C=O) groups is 1. The molecular weight excluding hydrogens is 194 g/mol. The molecule has 0 aliphatic rings. The van der Waals surface area contributed by atoms with Crippen molar-refractivity contribution in [1.29, 1.82) is 5.26 Å². The smallest absolute Gasteiger partial charge is 0.307 e. The van der Waals surface area contributed by atoms with E-state index in [1.807, 2.05) is 6.07 Å². The summed E-state index contributed by atoms with van der Waals surface area (Å²) < 4.78 is 5.05. The van der Waals surface area contributed by atoms with Gasteiger partial charge >= 0.3 is 5.97 Å². The van der Waals surface area contributed by atoms with Crippen LogP contribution in [0.2, 0.25) is 0 Å². The van der Waals surface area contributed by atoms with Gasteiger partial charge in [-0.15, -0.1) is 0 Å². The SMILES string of the molecule is COc1ccc(CC(=O)O)c(C#N)c1C. The fraction of sp³-hybridized carbons (Fsp3) is 0.273. The molecule has 0 heterocycles. The van der Waals surface area contributed by atoms with Crippen molar-refractivity contribution in [1.82, 2.24) is 0 Å². The minimum absolute atomic E-state index is 0.145. The lowest BCUT2D eigenvalue weighted by atomic mass is 10.00. The lowest BCUT2D eigenvalue weighted by molar-refractivity contribution is -0.136. The molecule has 0 saturated heterocycles. The molecule has 0 atom stereocenters. The Labute approximate surface area is 87.7 Å². The summed E-state index contributed by atoms with van der Waals surface area (Å²) in [5.74, 6) is -0.350. The molecule has 1 rings (SSSR count). The molecule has 0 radical (unpaired) electrons. The zero-order valence-electron chi connectivity index (χ0n) is 8.57. The first-order valence-corrected chi connectivity index (χ1v) is 4.38. The van der Waals surface area contributed by atoms with Gasteiger partial charge in [0.15, 0.2) is 0 Å². The van der Waals surface area contributed by atoms with Crippen LogP contribution in [0.1, 0.15) is 16.7 Å². The lowest BCUT2D eigenvalue weighted by Crippen LogP contribution is -2.04. The Morgan fingerprint density at radius 3 is 2.73 bits per heavy atom. The number of aliphatic carboxylic acids is 1. The molecule has 0 bridgehead atoms. The summed E-state index contributed by atoms with van der Waals surface area (Å²) in [7, 11) is 1.51. The third-order valence-electron chi connectivity index (χ3n) is 2.17. The number of nitrogens with zero attached hydrogens (tertiary/aromatic N) is 1. The Balaban J connectivity index is 3.26.